The fraction of sp³-hybridized carbons (Fsp3) is 0.174. The predicted octanol–water partition coefficient (Wildman–Crippen LogP) is 30.9. The fourth-order valence-corrected chi connectivity index (χ4v) is 20.5. The first-order valence-corrected chi connectivity index (χ1v) is 44.4. The van der Waals surface area contributed by atoms with Crippen molar-refractivity contribution < 1.29 is 6.85 Å². The molecule has 608 valence electrons. The van der Waals surface area contributed by atoms with Crippen molar-refractivity contribution in [2.75, 3.05) is 9.80 Å². The maximum Gasteiger partial charge on any atom is 0.252 e. The van der Waals surface area contributed by atoms with Gasteiger partial charge in [-0.1, -0.05) is 389 Å². The van der Waals surface area contributed by atoms with Gasteiger partial charge >= 0.3 is 0 Å². The van der Waals surface area contributed by atoms with E-state index in [0.717, 1.165) is 145 Å². The van der Waals surface area contributed by atoms with Gasteiger partial charge in [-0.05, 0) is 245 Å². The van der Waals surface area contributed by atoms with E-state index < -0.39 is 30.3 Å². The van der Waals surface area contributed by atoms with Crippen LogP contribution in [0.3, 0.4) is 0 Å². The number of hydrogen-bond acceptors (Lipinski definition) is 2. The van der Waals surface area contributed by atoms with Crippen LogP contribution in [-0.4, -0.2) is 11.3 Å². The Morgan fingerprint density at radius 2 is 0.680 bits per heavy atom. The summed E-state index contributed by atoms with van der Waals surface area (Å²) in [5.41, 5.74) is 33.5. The SMILES string of the molecule is [2H]c1c([2H])c([2H])c(-c2cc3c4c(c2)N(c2c(-c5ccccc5)cc(C(C)(C)C)cc2-c2ccccc2)c2cc(-n5c6ccc(C(C)(C)C)cc6c6cc(C(C)(C)C)ccc65)ccc2B4c2ccc(-c4cccc5c4C(c4ccccc4)(c4ccc6cc(C(C)(C)C)ccc6c4)c4ccccc4-5)cc2N3c2c(-c3ccccc3)cc(C(C)(C)C)cc2-c2ccccc2)c([2H])c1[2H]. The number of fused-ring (bicyclic) bond motifs is 11. The first kappa shape index (κ1) is 73.0. The Morgan fingerprint density at radius 3 is 1.18 bits per heavy atom. The number of benzene rings is 17. The molecule has 3 nitrogen and oxygen atoms in total. The van der Waals surface area contributed by atoms with Crippen LogP contribution < -0.4 is 26.2 Å². The molecule has 0 fully saturated rings. The molecule has 18 aromatic rings. The maximum atomic E-state index is 10.4. The molecule has 0 bridgehead atoms. The van der Waals surface area contributed by atoms with Crippen LogP contribution in [-0.2, 0) is 32.5 Å². The van der Waals surface area contributed by atoms with Crippen LogP contribution in [0.25, 0.3) is 116 Å². The highest BCUT2D eigenvalue weighted by molar-refractivity contribution is 7.00. The van der Waals surface area contributed by atoms with E-state index in [-0.39, 0.29) is 44.7 Å². The lowest BCUT2D eigenvalue weighted by atomic mass is 9.33. The van der Waals surface area contributed by atoms with Crippen molar-refractivity contribution in [3.05, 3.63) is 420 Å². The van der Waals surface area contributed by atoms with Crippen LogP contribution in [0.5, 0.6) is 0 Å². The van der Waals surface area contributed by atoms with Crippen molar-refractivity contribution in [2.24, 2.45) is 0 Å². The molecule has 3 aliphatic rings. The highest BCUT2D eigenvalue weighted by Gasteiger charge is 2.50. The topological polar surface area (TPSA) is 11.4 Å². The second-order valence-electron chi connectivity index (χ2n) is 40.1. The summed E-state index contributed by atoms with van der Waals surface area (Å²) < 4.78 is 52.1. The molecule has 3 heterocycles. The van der Waals surface area contributed by atoms with Gasteiger partial charge in [0.25, 0.3) is 6.71 Å². The Labute approximate surface area is 746 Å². The Bertz CT molecular complexity index is 7450. The van der Waals surface area contributed by atoms with E-state index >= 15 is 0 Å². The van der Waals surface area contributed by atoms with E-state index in [4.69, 9.17) is 0 Å². The predicted molar refractivity (Wildman–Crippen MR) is 536 cm³/mol. The summed E-state index contributed by atoms with van der Waals surface area (Å²) in [7, 11) is 0. The van der Waals surface area contributed by atoms with Crippen LogP contribution in [0.15, 0.2) is 370 Å². The normalized spacial score (nSPS) is 14.9. The molecule has 1 atom stereocenters. The quantitative estimate of drug-likeness (QED) is 0.120. The van der Waals surface area contributed by atoms with Gasteiger partial charge in [0.05, 0.1) is 34.7 Å². The lowest BCUT2D eigenvalue weighted by molar-refractivity contribution is 0.590. The molecule has 0 radical (unpaired) electrons. The molecule has 125 heavy (non-hydrogen) atoms. The highest BCUT2D eigenvalue weighted by atomic mass is 15.2. The summed E-state index contributed by atoms with van der Waals surface area (Å²) >= 11 is 0. The molecule has 0 amide bonds. The van der Waals surface area contributed by atoms with E-state index in [1.54, 1.807) is 0 Å². The number of aromatic nitrogens is 1. The largest absolute Gasteiger partial charge is 0.310 e. The zero-order valence-corrected chi connectivity index (χ0v) is 74.3. The first-order valence-electron chi connectivity index (χ1n) is 46.9. The molecule has 1 aliphatic carbocycles. The zero-order valence-electron chi connectivity index (χ0n) is 79.3. The summed E-state index contributed by atoms with van der Waals surface area (Å²) in [5.74, 6) is 0. The Balaban J connectivity index is 0.955. The van der Waals surface area contributed by atoms with E-state index in [1.807, 2.05) is 0 Å². The molecule has 21 rings (SSSR count). The van der Waals surface area contributed by atoms with Crippen LogP contribution in [0.4, 0.5) is 34.1 Å². The minimum absolute atomic E-state index is 0.0505. The summed E-state index contributed by atoms with van der Waals surface area (Å²) in [4.78, 5) is 5.09. The van der Waals surface area contributed by atoms with Gasteiger partial charge in [-0.3, -0.25) is 0 Å². The first-order chi connectivity index (χ1) is 62.2. The number of hydrogen-bond donors (Lipinski definition) is 0. The van der Waals surface area contributed by atoms with Gasteiger partial charge in [0.1, 0.15) is 0 Å². The Morgan fingerprint density at radius 1 is 0.272 bits per heavy atom. The highest BCUT2D eigenvalue weighted by Crippen LogP contribution is 2.61. The van der Waals surface area contributed by atoms with Crippen LogP contribution >= 0.6 is 0 Å². The van der Waals surface area contributed by atoms with Crippen molar-refractivity contribution in [2.45, 2.75) is 136 Å². The third-order valence-corrected chi connectivity index (χ3v) is 27.1. The number of rotatable bonds is 11. The molecule has 0 saturated carbocycles. The third kappa shape index (κ3) is 13.1. The van der Waals surface area contributed by atoms with E-state index in [0.29, 0.717) is 5.56 Å². The average molecular weight is 1620 g/mol. The fourth-order valence-electron chi connectivity index (χ4n) is 20.5. The van der Waals surface area contributed by atoms with E-state index in [2.05, 4.69) is 458 Å². The van der Waals surface area contributed by atoms with Gasteiger partial charge in [-0.15, -0.1) is 0 Å². The molecule has 4 heteroatoms. The zero-order chi connectivity index (χ0) is 90.3. The van der Waals surface area contributed by atoms with E-state index in [1.165, 1.54) is 60.5 Å². The molecule has 0 spiro atoms. The van der Waals surface area contributed by atoms with Gasteiger partial charge in [-0.2, -0.15) is 0 Å². The molecule has 1 unspecified atom stereocenters. The molecular formula is C121H106BN3. The van der Waals surface area contributed by atoms with Crippen molar-refractivity contribution in [3.8, 4) is 83.6 Å². The number of nitrogens with zero attached hydrogens (tertiary/aromatic N) is 3. The molecule has 1 aromatic heterocycles. The smallest absolute Gasteiger partial charge is 0.252 e. The number of anilines is 6. The minimum atomic E-state index is -0.841. The van der Waals surface area contributed by atoms with Gasteiger partial charge in [0, 0.05) is 61.5 Å². The van der Waals surface area contributed by atoms with Crippen molar-refractivity contribution in [1.29, 1.82) is 0 Å². The monoisotopic (exact) mass is 1620 g/mol. The van der Waals surface area contributed by atoms with Crippen LogP contribution in [0.1, 0.15) is 161 Å². The third-order valence-electron chi connectivity index (χ3n) is 27.1. The molecule has 2 aliphatic heterocycles. The van der Waals surface area contributed by atoms with Gasteiger partial charge in [0.15, 0.2) is 0 Å². The van der Waals surface area contributed by atoms with Crippen LogP contribution in [0.2, 0.25) is 0 Å². The van der Waals surface area contributed by atoms with Crippen molar-refractivity contribution in [3.63, 3.8) is 0 Å². The lowest BCUT2D eigenvalue weighted by Gasteiger charge is -2.46. The molecular weight excluding hydrogens is 1510 g/mol. The summed E-state index contributed by atoms with van der Waals surface area (Å²) in [6.07, 6.45) is 0. The molecule has 0 N–H and O–H groups in total. The van der Waals surface area contributed by atoms with Crippen LogP contribution in [0, 0.1) is 0 Å². The Hall–Kier alpha value is -13.5. The summed E-state index contributed by atoms with van der Waals surface area (Å²) in [6, 6.07) is 126. The van der Waals surface area contributed by atoms with Gasteiger partial charge < -0.3 is 14.4 Å². The second kappa shape index (κ2) is 29.3. The van der Waals surface area contributed by atoms with E-state index in [9.17, 15) is 6.85 Å². The van der Waals surface area contributed by atoms with Gasteiger partial charge in [-0.25, -0.2) is 0 Å². The van der Waals surface area contributed by atoms with Crippen molar-refractivity contribution >= 4 is 89.8 Å². The van der Waals surface area contributed by atoms with Gasteiger partial charge in [0.2, 0.25) is 0 Å². The minimum Gasteiger partial charge on any atom is -0.310 e. The Kier molecular flexibility index (Phi) is 17.1. The lowest BCUT2D eigenvalue weighted by Crippen LogP contribution is -2.61. The molecule has 17 aromatic carbocycles. The molecule has 0 saturated heterocycles. The summed E-state index contributed by atoms with van der Waals surface area (Å²) in [6.45, 7) is 33.9. The maximum absolute atomic E-state index is 10.4. The second-order valence-corrected chi connectivity index (χ2v) is 40.1. The summed E-state index contributed by atoms with van der Waals surface area (Å²) in [5, 5.41) is 4.71. The average Bonchev–Trinajstić information content (AvgIpc) is 1.22. The standard InChI is InChI=1S/C121H106BN3/c1-116(2,3)87-56-53-83-66-90(57-54-82(83)65-87)121(86-47-32-21-33-48-86)103-52-35-34-49-95(103)96-51-36-50-94(112(96)121)84-55-61-104-108(67-84)124(114-97(78-39-24-17-25-40-78)72-91(119(10,11)12)73-98(114)79-41-26-18-27-42-79)110-68-85(77-37-22-16-23-38-77)69-111-113(110)122(104)105-62-60-93(123-106-63-58-88(117(4,5)6)70-101(106)102-71-89(118(7,8)9)59-64-107(102)123)76-109(105)125(111)115-99(80-43-28-19-29-44-80)74-92(120(13,14)15)75-100(115)81-45-30-20-31-46-81/h16-76H,1-15H3/i16D,22D,23D,37D,38D. The van der Waals surface area contributed by atoms with Crippen molar-refractivity contribution in [1.82, 2.24) is 4.57 Å².